The number of hydrogen-bond acceptors (Lipinski definition) is 2. The SMILES string of the molecule is C=CC.C=CCOC(=O)O. The summed E-state index contributed by atoms with van der Waals surface area (Å²) in [4.78, 5) is 9.49. The van der Waals surface area contributed by atoms with Crippen molar-refractivity contribution in [3.05, 3.63) is 25.3 Å². The van der Waals surface area contributed by atoms with Gasteiger partial charge in [0.1, 0.15) is 6.61 Å². The number of ether oxygens (including phenoxy) is 1. The van der Waals surface area contributed by atoms with Gasteiger partial charge in [-0.1, -0.05) is 18.7 Å². The van der Waals surface area contributed by atoms with E-state index in [0.717, 1.165) is 0 Å². The lowest BCUT2D eigenvalue weighted by atomic mass is 10.7. The minimum Gasteiger partial charge on any atom is -0.450 e. The molecule has 1 N–H and O–H groups in total. The van der Waals surface area contributed by atoms with Crippen LogP contribution in [0.4, 0.5) is 4.79 Å². The zero-order valence-electron chi connectivity index (χ0n) is 6.04. The molecule has 0 unspecified atom stereocenters. The Labute approximate surface area is 60.6 Å². The van der Waals surface area contributed by atoms with Crippen LogP contribution in [0, 0.1) is 0 Å². The molecule has 0 rings (SSSR count). The molecule has 0 aromatic heterocycles. The van der Waals surface area contributed by atoms with Gasteiger partial charge in [-0.15, -0.1) is 6.58 Å². The Kier molecular flexibility index (Phi) is 12.3. The summed E-state index contributed by atoms with van der Waals surface area (Å²) in [6.07, 6.45) is 1.86. The van der Waals surface area contributed by atoms with Gasteiger partial charge in [-0.2, -0.15) is 0 Å². The molecule has 0 atom stereocenters. The summed E-state index contributed by atoms with van der Waals surface area (Å²) in [5, 5.41) is 7.77. The van der Waals surface area contributed by atoms with Crippen LogP contribution in [-0.2, 0) is 4.74 Å². The van der Waals surface area contributed by atoms with Gasteiger partial charge in [-0.25, -0.2) is 4.79 Å². The van der Waals surface area contributed by atoms with Gasteiger partial charge < -0.3 is 9.84 Å². The van der Waals surface area contributed by atoms with Crippen molar-refractivity contribution >= 4 is 6.16 Å². The van der Waals surface area contributed by atoms with E-state index in [1.165, 1.54) is 6.08 Å². The molecule has 0 radical (unpaired) electrons. The molecule has 0 aromatic rings. The van der Waals surface area contributed by atoms with Gasteiger partial charge in [0.15, 0.2) is 0 Å². The van der Waals surface area contributed by atoms with Crippen LogP contribution in [0.15, 0.2) is 25.3 Å². The highest BCUT2D eigenvalue weighted by Gasteiger charge is 1.87. The van der Waals surface area contributed by atoms with Crippen molar-refractivity contribution in [2.75, 3.05) is 6.61 Å². The van der Waals surface area contributed by atoms with Gasteiger partial charge in [0.2, 0.25) is 0 Å². The molecule has 0 aromatic carbocycles. The van der Waals surface area contributed by atoms with Crippen LogP contribution in [0.1, 0.15) is 6.92 Å². The van der Waals surface area contributed by atoms with Crippen molar-refractivity contribution < 1.29 is 14.6 Å². The standard InChI is InChI=1S/C4H6O3.C3H6/c1-2-3-7-4(5)6;1-3-2/h2H,1,3H2,(H,5,6);3H,1H2,2H3. The fourth-order valence-corrected chi connectivity index (χ4v) is 0.130. The largest absolute Gasteiger partial charge is 0.506 e. The summed E-state index contributed by atoms with van der Waals surface area (Å²) < 4.78 is 3.99. The van der Waals surface area contributed by atoms with E-state index in [-0.39, 0.29) is 6.61 Å². The monoisotopic (exact) mass is 144 g/mol. The minimum absolute atomic E-state index is 0.0648. The quantitative estimate of drug-likeness (QED) is 0.476. The average molecular weight is 144 g/mol. The molecule has 0 aliphatic rings. The zero-order valence-corrected chi connectivity index (χ0v) is 6.04. The van der Waals surface area contributed by atoms with E-state index in [2.05, 4.69) is 17.9 Å². The number of allylic oxidation sites excluding steroid dienone is 1. The molecule has 58 valence electrons. The van der Waals surface area contributed by atoms with Crippen LogP contribution in [0.3, 0.4) is 0 Å². The third-order valence-electron chi connectivity index (χ3n) is 0.325. The third kappa shape index (κ3) is 29.5. The second-order valence-corrected chi connectivity index (χ2v) is 1.27. The Morgan fingerprint density at radius 2 is 2.10 bits per heavy atom. The molecule has 0 spiro atoms. The van der Waals surface area contributed by atoms with Crippen LogP contribution in [-0.4, -0.2) is 17.9 Å². The van der Waals surface area contributed by atoms with E-state index in [1.54, 1.807) is 6.08 Å². The normalized spacial score (nSPS) is 6.50. The van der Waals surface area contributed by atoms with Crippen LogP contribution < -0.4 is 0 Å². The Hall–Kier alpha value is -1.25. The van der Waals surface area contributed by atoms with Crippen molar-refractivity contribution in [2.24, 2.45) is 0 Å². The zero-order chi connectivity index (χ0) is 8.41. The smallest absolute Gasteiger partial charge is 0.450 e. The summed E-state index contributed by atoms with van der Waals surface area (Å²) in [5.74, 6) is 0. The highest BCUT2D eigenvalue weighted by Crippen LogP contribution is 1.73. The van der Waals surface area contributed by atoms with E-state index in [1.807, 2.05) is 6.92 Å². The van der Waals surface area contributed by atoms with Gasteiger partial charge in [0.25, 0.3) is 0 Å². The maximum atomic E-state index is 9.49. The number of hydrogen-bond donors (Lipinski definition) is 1. The molecular weight excluding hydrogens is 132 g/mol. The van der Waals surface area contributed by atoms with Crippen LogP contribution in [0.5, 0.6) is 0 Å². The molecule has 0 heterocycles. The van der Waals surface area contributed by atoms with Gasteiger partial charge >= 0.3 is 6.16 Å². The fourth-order valence-electron chi connectivity index (χ4n) is 0.130. The maximum Gasteiger partial charge on any atom is 0.506 e. The third-order valence-corrected chi connectivity index (χ3v) is 0.325. The molecule has 0 fully saturated rings. The highest BCUT2D eigenvalue weighted by atomic mass is 16.7. The lowest BCUT2D eigenvalue weighted by Gasteiger charge is -1.88. The molecule has 0 aliphatic heterocycles. The van der Waals surface area contributed by atoms with Crippen molar-refractivity contribution in [3.63, 3.8) is 0 Å². The lowest BCUT2D eigenvalue weighted by Crippen LogP contribution is -1.98. The molecule has 3 heteroatoms. The van der Waals surface area contributed by atoms with Crippen LogP contribution in [0.25, 0.3) is 0 Å². The first kappa shape index (κ1) is 11.5. The molecule has 10 heavy (non-hydrogen) atoms. The van der Waals surface area contributed by atoms with E-state index in [9.17, 15) is 4.79 Å². The van der Waals surface area contributed by atoms with Crippen LogP contribution in [0.2, 0.25) is 0 Å². The van der Waals surface area contributed by atoms with E-state index < -0.39 is 6.16 Å². The Bertz CT molecular complexity index is 107. The number of carbonyl (C=O) groups is 1. The molecular formula is C7H12O3. The topological polar surface area (TPSA) is 46.5 Å². The van der Waals surface area contributed by atoms with Gasteiger partial charge in [0.05, 0.1) is 0 Å². The Morgan fingerprint density at radius 1 is 1.70 bits per heavy atom. The predicted octanol–water partition coefficient (Wildman–Crippen LogP) is 2.06. The summed E-state index contributed by atoms with van der Waals surface area (Å²) >= 11 is 0. The predicted molar refractivity (Wildman–Crippen MR) is 40.0 cm³/mol. The summed E-state index contributed by atoms with van der Waals surface area (Å²) in [7, 11) is 0. The lowest BCUT2D eigenvalue weighted by molar-refractivity contribution is 0.102. The number of carboxylic acid groups (broad SMARTS) is 1. The van der Waals surface area contributed by atoms with E-state index in [0.29, 0.717) is 0 Å². The minimum atomic E-state index is -1.26. The maximum absolute atomic E-state index is 9.49. The van der Waals surface area contributed by atoms with Crippen molar-refractivity contribution in [1.29, 1.82) is 0 Å². The summed E-state index contributed by atoms with van der Waals surface area (Å²) in [6, 6.07) is 0. The van der Waals surface area contributed by atoms with Crippen molar-refractivity contribution in [2.45, 2.75) is 6.92 Å². The molecule has 0 amide bonds. The van der Waals surface area contributed by atoms with Gasteiger partial charge in [0, 0.05) is 0 Å². The fraction of sp³-hybridized carbons (Fsp3) is 0.286. The molecule has 3 nitrogen and oxygen atoms in total. The first-order valence-corrected chi connectivity index (χ1v) is 2.72. The van der Waals surface area contributed by atoms with Gasteiger partial charge in [-0.05, 0) is 6.92 Å². The van der Waals surface area contributed by atoms with Crippen LogP contribution >= 0.6 is 0 Å². The van der Waals surface area contributed by atoms with Crippen molar-refractivity contribution in [3.8, 4) is 0 Å². The van der Waals surface area contributed by atoms with E-state index >= 15 is 0 Å². The molecule has 0 bridgehead atoms. The molecule has 0 saturated carbocycles. The average Bonchev–Trinajstić information content (AvgIpc) is 1.85. The van der Waals surface area contributed by atoms with Crippen molar-refractivity contribution in [1.82, 2.24) is 0 Å². The summed E-state index contributed by atoms with van der Waals surface area (Å²) in [6.45, 7) is 8.56. The van der Waals surface area contributed by atoms with E-state index in [4.69, 9.17) is 5.11 Å². The second-order valence-electron chi connectivity index (χ2n) is 1.27. The Morgan fingerprint density at radius 3 is 2.20 bits per heavy atom. The summed E-state index contributed by atoms with van der Waals surface area (Å²) in [5.41, 5.74) is 0. The number of rotatable bonds is 2. The highest BCUT2D eigenvalue weighted by molar-refractivity contribution is 5.56. The Balaban J connectivity index is 0. The molecule has 0 saturated heterocycles. The first-order chi connectivity index (χ1) is 4.68. The second kappa shape index (κ2) is 10.7. The van der Waals surface area contributed by atoms with Gasteiger partial charge in [-0.3, -0.25) is 0 Å². The molecule has 0 aliphatic carbocycles. The first-order valence-electron chi connectivity index (χ1n) is 2.72.